The molecular formula is C21H21NO4. The second-order valence-electron chi connectivity index (χ2n) is 6.33. The molecule has 3 aromatic rings. The first-order valence-corrected chi connectivity index (χ1v) is 8.45. The Labute approximate surface area is 152 Å². The van der Waals surface area contributed by atoms with Gasteiger partial charge in [-0.3, -0.25) is 9.36 Å². The molecule has 5 heteroatoms. The predicted octanol–water partition coefficient (Wildman–Crippen LogP) is 4.27. The Morgan fingerprint density at radius 3 is 2.38 bits per heavy atom. The molecule has 0 saturated heterocycles. The predicted molar refractivity (Wildman–Crippen MR) is 99.9 cm³/mol. The summed E-state index contributed by atoms with van der Waals surface area (Å²) in [6.07, 6.45) is 1.50. The lowest BCUT2D eigenvalue weighted by atomic mass is 10.0. The number of benzene rings is 2. The second-order valence-corrected chi connectivity index (χ2v) is 6.33. The third-order valence-electron chi connectivity index (χ3n) is 4.30. The highest BCUT2D eigenvalue weighted by atomic mass is 16.5. The van der Waals surface area contributed by atoms with Crippen LogP contribution in [0.5, 0.6) is 5.75 Å². The van der Waals surface area contributed by atoms with Crippen LogP contribution >= 0.6 is 0 Å². The molecule has 0 atom stereocenters. The van der Waals surface area contributed by atoms with Crippen molar-refractivity contribution in [2.45, 2.75) is 19.8 Å². The SMILES string of the molecule is COC(=O)c1cn(C(=O)COc2ccc(C(C)C)cc2)c2ccccc12. The standard InChI is InChI=1S/C21H21NO4/c1-14(2)15-8-10-16(11-9-15)26-13-20(23)22-12-18(21(24)25-3)17-6-4-5-7-19(17)22/h4-12,14H,13H2,1-3H3. The van der Waals surface area contributed by atoms with Crippen molar-refractivity contribution in [3.8, 4) is 5.75 Å². The van der Waals surface area contributed by atoms with Gasteiger partial charge in [0.05, 0.1) is 18.2 Å². The molecule has 1 aromatic heterocycles. The van der Waals surface area contributed by atoms with Crippen LogP contribution in [-0.4, -0.2) is 30.2 Å². The van der Waals surface area contributed by atoms with E-state index in [4.69, 9.17) is 9.47 Å². The zero-order valence-corrected chi connectivity index (χ0v) is 15.1. The number of nitrogens with zero attached hydrogens (tertiary/aromatic N) is 1. The highest BCUT2D eigenvalue weighted by Crippen LogP contribution is 2.23. The Hall–Kier alpha value is -3.08. The maximum absolute atomic E-state index is 12.6. The summed E-state index contributed by atoms with van der Waals surface area (Å²) in [7, 11) is 1.32. The minimum Gasteiger partial charge on any atom is -0.484 e. The van der Waals surface area contributed by atoms with Gasteiger partial charge in [-0.05, 0) is 29.7 Å². The summed E-state index contributed by atoms with van der Waals surface area (Å²) in [5.41, 5.74) is 2.22. The molecule has 1 heterocycles. The van der Waals surface area contributed by atoms with Gasteiger partial charge in [-0.15, -0.1) is 0 Å². The quantitative estimate of drug-likeness (QED) is 0.644. The first-order chi connectivity index (χ1) is 12.5. The van der Waals surface area contributed by atoms with Gasteiger partial charge < -0.3 is 9.47 Å². The molecule has 26 heavy (non-hydrogen) atoms. The highest BCUT2D eigenvalue weighted by molar-refractivity contribution is 6.07. The molecule has 0 N–H and O–H groups in total. The maximum atomic E-state index is 12.6. The van der Waals surface area contributed by atoms with Crippen molar-refractivity contribution in [1.29, 1.82) is 0 Å². The maximum Gasteiger partial charge on any atom is 0.340 e. The highest BCUT2D eigenvalue weighted by Gasteiger charge is 2.18. The van der Waals surface area contributed by atoms with Crippen LogP contribution in [0.4, 0.5) is 0 Å². The molecule has 0 bridgehead atoms. The van der Waals surface area contributed by atoms with E-state index in [1.54, 1.807) is 12.1 Å². The molecule has 0 radical (unpaired) electrons. The van der Waals surface area contributed by atoms with Crippen molar-refractivity contribution < 1.29 is 19.1 Å². The Bertz CT molecular complexity index is 938. The number of fused-ring (bicyclic) bond motifs is 1. The Morgan fingerprint density at radius 1 is 1.04 bits per heavy atom. The molecule has 0 fully saturated rings. The van der Waals surface area contributed by atoms with Gasteiger partial charge in [0, 0.05) is 11.6 Å². The number of rotatable bonds is 5. The summed E-state index contributed by atoms with van der Waals surface area (Å²) in [4.78, 5) is 24.6. The van der Waals surface area contributed by atoms with Gasteiger partial charge >= 0.3 is 5.97 Å². The molecule has 134 valence electrons. The minimum atomic E-state index is -0.474. The lowest BCUT2D eigenvalue weighted by Gasteiger charge is -2.09. The summed E-state index contributed by atoms with van der Waals surface area (Å²) in [5, 5.41) is 0.675. The van der Waals surface area contributed by atoms with E-state index in [1.165, 1.54) is 23.4 Å². The molecule has 3 rings (SSSR count). The molecule has 0 amide bonds. The first kappa shape index (κ1) is 17.7. The van der Waals surface area contributed by atoms with Gasteiger partial charge in [0.25, 0.3) is 5.91 Å². The third kappa shape index (κ3) is 3.47. The largest absolute Gasteiger partial charge is 0.484 e. The van der Waals surface area contributed by atoms with Gasteiger partial charge in [-0.1, -0.05) is 44.2 Å². The first-order valence-electron chi connectivity index (χ1n) is 8.45. The van der Waals surface area contributed by atoms with Crippen molar-refractivity contribution in [1.82, 2.24) is 4.57 Å². The Balaban J connectivity index is 1.80. The van der Waals surface area contributed by atoms with Gasteiger partial charge in [0.2, 0.25) is 0 Å². The summed E-state index contributed by atoms with van der Waals surface area (Å²) >= 11 is 0. The number of hydrogen-bond donors (Lipinski definition) is 0. The number of aromatic nitrogens is 1. The van der Waals surface area contributed by atoms with Crippen LogP contribution in [0.25, 0.3) is 10.9 Å². The Kier molecular flexibility index (Phi) is 5.07. The smallest absolute Gasteiger partial charge is 0.340 e. The third-order valence-corrected chi connectivity index (χ3v) is 4.30. The van der Waals surface area contributed by atoms with Crippen LogP contribution in [0.15, 0.2) is 54.7 Å². The molecule has 5 nitrogen and oxygen atoms in total. The second kappa shape index (κ2) is 7.44. The number of carbonyl (C=O) groups excluding carboxylic acids is 2. The lowest BCUT2D eigenvalue weighted by Crippen LogP contribution is -2.18. The van der Waals surface area contributed by atoms with Crippen LogP contribution in [-0.2, 0) is 4.74 Å². The van der Waals surface area contributed by atoms with Crippen LogP contribution in [0, 0.1) is 0 Å². The van der Waals surface area contributed by atoms with E-state index in [0.717, 1.165) is 0 Å². The van der Waals surface area contributed by atoms with Crippen molar-refractivity contribution in [2.75, 3.05) is 13.7 Å². The number of esters is 1. The molecule has 2 aromatic carbocycles. The van der Waals surface area contributed by atoms with E-state index in [-0.39, 0.29) is 12.5 Å². The molecule has 0 spiro atoms. The normalized spacial score (nSPS) is 10.9. The average molecular weight is 351 g/mol. The van der Waals surface area contributed by atoms with E-state index in [9.17, 15) is 9.59 Å². The molecular weight excluding hydrogens is 330 g/mol. The lowest BCUT2D eigenvalue weighted by molar-refractivity contribution is 0.0603. The number of para-hydroxylation sites is 1. The average Bonchev–Trinajstić information content (AvgIpc) is 3.05. The molecule has 0 unspecified atom stereocenters. The zero-order chi connectivity index (χ0) is 18.7. The van der Waals surface area contributed by atoms with Gasteiger partial charge in [-0.2, -0.15) is 0 Å². The molecule has 0 aliphatic carbocycles. The molecule has 0 aliphatic rings. The number of carbonyl (C=O) groups is 2. The van der Waals surface area contributed by atoms with Crippen molar-refractivity contribution in [3.05, 3.63) is 65.9 Å². The summed E-state index contributed by atoms with van der Waals surface area (Å²) in [6.45, 7) is 4.12. The minimum absolute atomic E-state index is 0.125. The molecule has 0 saturated carbocycles. The number of hydrogen-bond acceptors (Lipinski definition) is 4. The monoisotopic (exact) mass is 351 g/mol. The van der Waals surface area contributed by atoms with E-state index in [2.05, 4.69) is 13.8 Å². The summed E-state index contributed by atoms with van der Waals surface area (Å²) < 4.78 is 11.9. The van der Waals surface area contributed by atoms with E-state index in [0.29, 0.717) is 28.1 Å². The van der Waals surface area contributed by atoms with Gasteiger partial charge in [0.1, 0.15) is 5.75 Å². The van der Waals surface area contributed by atoms with Crippen LogP contribution in [0.2, 0.25) is 0 Å². The summed E-state index contributed by atoms with van der Waals surface area (Å²) in [6, 6.07) is 14.9. The number of ether oxygens (including phenoxy) is 2. The fourth-order valence-corrected chi connectivity index (χ4v) is 2.82. The van der Waals surface area contributed by atoms with E-state index in [1.807, 2.05) is 36.4 Å². The van der Waals surface area contributed by atoms with Crippen LogP contribution < -0.4 is 4.74 Å². The van der Waals surface area contributed by atoms with Crippen molar-refractivity contribution in [3.63, 3.8) is 0 Å². The topological polar surface area (TPSA) is 57.5 Å². The zero-order valence-electron chi connectivity index (χ0n) is 15.1. The Morgan fingerprint density at radius 2 is 1.73 bits per heavy atom. The van der Waals surface area contributed by atoms with Crippen LogP contribution in [0.3, 0.4) is 0 Å². The van der Waals surface area contributed by atoms with Crippen molar-refractivity contribution >= 4 is 22.8 Å². The fraction of sp³-hybridized carbons (Fsp3) is 0.238. The molecule has 0 aliphatic heterocycles. The van der Waals surface area contributed by atoms with Crippen molar-refractivity contribution in [2.24, 2.45) is 0 Å². The summed E-state index contributed by atoms with van der Waals surface area (Å²) in [5.74, 6) is 0.336. The van der Waals surface area contributed by atoms with Gasteiger partial charge in [0.15, 0.2) is 6.61 Å². The number of methoxy groups -OCH3 is 1. The fourth-order valence-electron chi connectivity index (χ4n) is 2.82. The van der Waals surface area contributed by atoms with E-state index < -0.39 is 5.97 Å². The van der Waals surface area contributed by atoms with Gasteiger partial charge in [-0.25, -0.2) is 4.79 Å². The van der Waals surface area contributed by atoms with E-state index >= 15 is 0 Å². The van der Waals surface area contributed by atoms with Crippen LogP contribution in [0.1, 0.15) is 40.5 Å².